The van der Waals surface area contributed by atoms with Crippen molar-refractivity contribution < 1.29 is 4.52 Å². The standard InChI is InChI=1S/C14H23N3OS2/c1-3-14(4-6-15-7-5-14)13-16-12(17-18-13)11-10(2)19-8-9-20-11/h10-11,15H,3-9H2,1-2H3. The van der Waals surface area contributed by atoms with Crippen LogP contribution in [0.15, 0.2) is 4.52 Å². The Labute approximate surface area is 129 Å². The highest BCUT2D eigenvalue weighted by atomic mass is 32.2. The van der Waals surface area contributed by atoms with Gasteiger partial charge in [-0.1, -0.05) is 19.0 Å². The molecular formula is C14H23N3OS2. The van der Waals surface area contributed by atoms with E-state index in [0.717, 1.165) is 44.1 Å². The molecular weight excluding hydrogens is 290 g/mol. The third-order valence-electron chi connectivity index (χ3n) is 4.58. The Morgan fingerprint density at radius 3 is 2.75 bits per heavy atom. The van der Waals surface area contributed by atoms with Gasteiger partial charge in [-0.15, -0.1) is 11.8 Å². The first-order chi connectivity index (χ1) is 9.75. The number of hydrogen-bond acceptors (Lipinski definition) is 6. The van der Waals surface area contributed by atoms with E-state index in [9.17, 15) is 0 Å². The second-order valence-corrected chi connectivity index (χ2v) is 8.44. The van der Waals surface area contributed by atoms with Crippen molar-refractivity contribution in [1.29, 1.82) is 0 Å². The average Bonchev–Trinajstić information content (AvgIpc) is 2.98. The summed E-state index contributed by atoms with van der Waals surface area (Å²) in [4.78, 5) is 4.81. The fourth-order valence-corrected chi connectivity index (χ4v) is 5.79. The Hall–Kier alpha value is -0.200. The van der Waals surface area contributed by atoms with Crippen LogP contribution in [0.1, 0.15) is 50.1 Å². The van der Waals surface area contributed by atoms with Gasteiger partial charge in [0.25, 0.3) is 0 Å². The van der Waals surface area contributed by atoms with Gasteiger partial charge < -0.3 is 9.84 Å². The summed E-state index contributed by atoms with van der Waals surface area (Å²) in [6, 6.07) is 0. The smallest absolute Gasteiger partial charge is 0.232 e. The molecule has 0 aliphatic carbocycles. The summed E-state index contributed by atoms with van der Waals surface area (Å²) in [7, 11) is 0. The Morgan fingerprint density at radius 2 is 2.05 bits per heavy atom. The predicted molar refractivity (Wildman–Crippen MR) is 85.5 cm³/mol. The number of nitrogens with one attached hydrogen (secondary N) is 1. The Balaban J connectivity index is 1.81. The van der Waals surface area contributed by atoms with Crippen molar-refractivity contribution in [3.63, 3.8) is 0 Å². The lowest BCUT2D eigenvalue weighted by molar-refractivity contribution is 0.216. The molecule has 3 rings (SSSR count). The first kappa shape index (κ1) is 14.7. The molecule has 1 aromatic heterocycles. The number of rotatable bonds is 3. The van der Waals surface area contributed by atoms with E-state index in [0.29, 0.717) is 10.5 Å². The van der Waals surface area contributed by atoms with Crippen LogP contribution in [-0.4, -0.2) is 40.0 Å². The zero-order valence-corrected chi connectivity index (χ0v) is 13.9. The number of aromatic nitrogens is 2. The maximum absolute atomic E-state index is 5.69. The Kier molecular flexibility index (Phi) is 4.62. The first-order valence-corrected chi connectivity index (χ1v) is 9.63. The van der Waals surface area contributed by atoms with E-state index in [4.69, 9.17) is 9.51 Å². The minimum absolute atomic E-state index is 0.103. The fourth-order valence-electron chi connectivity index (χ4n) is 3.11. The van der Waals surface area contributed by atoms with Crippen molar-refractivity contribution in [3.8, 4) is 0 Å². The van der Waals surface area contributed by atoms with Crippen molar-refractivity contribution in [3.05, 3.63) is 11.7 Å². The molecule has 2 atom stereocenters. The molecule has 2 unspecified atom stereocenters. The molecule has 1 aromatic rings. The Bertz CT molecular complexity index is 445. The monoisotopic (exact) mass is 313 g/mol. The fraction of sp³-hybridized carbons (Fsp3) is 0.857. The zero-order valence-electron chi connectivity index (χ0n) is 12.2. The summed E-state index contributed by atoms with van der Waals surface area (Å²) in [6.45, 7) is 6.62. The van der Waals surface area contributed by atoms with Crippen LogP contribution in [0.5, 0.6) is 0 Å². The second-order valence-electron chi connectivity index (χ2n) is 5.71. The van der Waals surface area contributed by atoms with Gasteiger partial charge in [0.05, 0.1) is 10.7 Å². The molecule has 0 bridgehead atoms. The van der Waals surface area contributed by atoms with Gasteiger partial charge in [-0.2, -0.15) is 16.7 Å². The first-order valence-electron chi connectivity index (χ1n) is 7.53. The van der Waals surface area contributed by atoms with E-state index in [1.165, 1.54) is 11.5 Å². The third kappa shape index (κ3) is 2.74. The van der Waals surface area contributed by atoms with Crippen molar-refractivity contribution >= 4 is 23.5 Å². The molecule has 20 heavy (non-hydrogen) atoms. The lowest BCUT2D eigenvalue weighted by atomic mass is 9.76. The molecule has 0 amide bonds. The molecule has 3 heterocycles. The van der Waals surface area contributed by atoms with Crippen LogP contribution in [0.4, 0.5) is 0 Å². The van der Waals surface area contributed by atoms with Gasteiger partial charge in [0.15, 0.2) is 5.82 Å². The zero-order chi connectivity index (χ0) is 14.0. The summed E-state index contributed by atoms with van der Waals surface area (Å²) < 4.78 is 5.69. The lowest BCUT2D eigenvalue weighted by Gasteiger charge is -2.33. The molecule has 0 radical (unpaired) electrons. The molecule has 0 aromatic carbocycles. The number of hydrogen-bond donors (Lipinski definition) is 1. The summed E-state index contributed by atoms with van der Waals surface area (Å²) >= 11 is 3.99. The quantitative estimate of drug-likeness (QED) is 0.926. The maximum atomic E-state index is 5.69. The predicted octanol–water partition coefficient (Wildman–Crippen LogP) is 3.01. The molecule has 0 spiro atoms. The van der Waals surface area contributed by atoms with Gasteiger partial charge in [-0.05, 0) is 32.4 Å². The topological polar surface area (TPSA) is 51.0 Å². The molecule has 2 saturated heterocycles. The van der Waals surface area contributed by atoms with Crippen LogP contribution in [0.2, 0.25) is 0 Å². The summed E-state index contributed by atoms with van der Waals surface area (Å²) in [5.74, 6) is 4.21. The molecule has 4 nitrogen and oxygen atoms in total. The number of thioether (sulfide) groups is 2. The third-order valence-corrected chi connectivity index (χ3v) is 7.66. The average molecular weight is 313 g/mol. The summed E-state index contributed by atoms with van der Waals surface area (Å²) in [5.41, 5.74) is 0.103. The van der Waals surface area contributed by atoms with Crippen molar-refractivity contribution in [1.82, 2.24) is 15.5 Å². The SMILES string of the molecule is CCC1(c2nc(C3SCCSC3C)no2)CCNCC1. The van der Waals surface area contributed by atoms with Gasteiger partial charge in [-0.3, -0.25) is 0 Å². The van der Waals surface area contributed by atoms with E-state index in [1.54, 1.807) is 0 Å². The van der Waals surface area contributed by atoms with Crippen LogP contribution in [0.25, 0.3) is 0 Å². The van der Waals surface area contributed by atoms with Crippen LogP contribution in [-0.2, 0) is 5.41 Å². The van der Waals surface area contributed by atoms with Crippen molar-refractivity contribution in [2.24, 2.45) is 0 Å². The van der Waals surface area contributed by atoms with Crippen LogP contribution < -0.4 is 5.32 Å². The highest BCUT2D eigenvalue weighted by Crippen LogP contribution is 2.42. The van der Waals surface area contributed by atoms with Gasteiger partial charge in [0.1, 0.15) is 0 Å². The van der Waals surface area contributed by atoms with Crippen molar-refractivity contribution in [2.45, 2.75) is 49.0 Å². The molecule has 2 aliphatic heterocycles. The van der Waals surface area contributed by atoms with Crippen LogP contribution in [0.3, 0.4) is 0 Å². The van der Waals surface area contributed by atoms with E-state index in [1.807, 2.05) is 23.5 Å². The molecule has 2 aliphatic rings. The van der Waals surface area contributed by atoms with E-state index >= 15 is 0 Å². The van der Waals surface area contributed by atoms with Gasteiger partial charge in [0.2, 0.25) is 5.89 Å². The van der Waals surface area contributed by atoms with Gasteiger partial charge in [-0.25, -0.2) is 0 Å². The number of nitrogens with zero attached hydrogens (tertiary/aromatic N) is 2. The molecule has 6 heteroatoms. The van der Waals surface area contributed by atoms with Gasteiger partial charge in [0, 0.05) is 16.8 Å². The van der Waals surface area contributed by atoms with Crippen molar-refractivity contribution in [2.75, 3.05) is 24.6 Å². The normalized spacial score (nSPS) is 30.3. The minimum atomic E-state index is 0.103. The summed E-state index contributed by atoms with van der Waals surface area (Å²) in [6.07, 6.45) is 3.29. The molecule has 0 saturated carbocycles. The summed E-state index contributed by atoms with van der Waals surface area (Å²) in [5, 5.41) is 8.71. The second kappa shape index (κ2) is 6.28. The highest BCUT2D eigenvalue weighted by molar-refractivity contribution is 8.06. The van der Waals surface area contributed by atoms with E-state index in [-0.39, 0.29) is 5.41 Å². The molecule has 1 N–H and O–H groups in total. The largest absolute Gasteiger partial charge is 0.339 e. The van der Waals surface area contributed by atoms with E-state index < -0.39 is 0 Å². The molecule has 2 fully saturated rings. The van der Waals surface area contributed by atoms with Crippen LogP contribution in [0, 0.1) is 0 Å². The number of piperidine rings is 1. The highest BCUT2D eigenvalue weighted by Gasteiger charge is 2.39. The molecule has 112 valence electrons. The van der Waals surface area contributed by atoms with E-state index in [2.05, 4.69) is 24.3 Å². The van der Waals surface area contributed by atoms with Crippen LogP contribution >= 0.6 is 23.5 Å². The lowest BCUT2D eigenvalue weighted by Crippen LogP contribution is -2.39. The van der Waals surface area contributed by atoms with Gasteiger partial charge >= 0.3 is 0 Å². The Morgan fingerprint density at radius 1 is 1.30 bits per heavy atom. The maximum Gasteiger partial charge on any atom is 0.232 e. The minimum Gasteiger partial charge on any atom is -0.339 e.